The van der Waals surface area contributed by atoms with Gasteiger partial charge in [-0.1, -0.05) is 6.42 Å². The van der Waals surface area contributed by atoms with E-state index in [0.29, 0.717) is 0 Å². The predicted molar refractivity (Wildman–Crippen MR) is 69.7 cm³/mol. The Bertz CT molecular complexity index is 292. The lowest BCUT2D eigenvalue weighted by Gasteiger charge is -2.44. The first-order chi connectivity index (χ1) is 8.11. The number of piperazine rings is 1. The van der Waals surface area contributed by atoms with Crippen molar-refractivity contribution in [1.82, 2.24) is 9.80 Å². The fourth-order valence-electron chi connectivity index (χ4n) is 2.92. The van der Waals surface area contributed by atoms with Crippen LogP contribution in [0.25, 0.3) is 0 Å². The molecule has 3 heteroatoms. The van der Waals surface area contributed by atoms with Gasteiger partial charge in [0, 0.05) is 25.7 Å². The van der Waals surface area contributed by atoms with Crippen LogP contribution in [0.15, 0.2) is 0 Å². The van der Waals surface area contributed by atoms with E-state index in [1.807, 2.05) is 13.8 Å². The van der Waals surface area contributed by atoms with Gasteiger partial charge < -0.3 is 4.90 Å². The number of fused-ring (bicyclic) bond motifs is 1. The summed E-state index contributed by atoms with van der Waals surface area (Å²) in [4.78, 5) is 5.22. The number of hydrogen-bond donors (Lipinski definition) is 0. The molecule has 0 saturated carbocycles. The zero-order valence-corrected chi connectivity index (χ0v) is 11.3. The minimum absolute atomic E-state index is 0.163. The van der Waals surface area contributed by atoms with E-state index in [2.05, 4.69) is 15.9 Å². The molecule has 2 rings (SSSR count). The minimum atomic E-state index is -0.163. The molecule has 2 saturated heterocycles. The van der Waals surface area contributed by atoms with E-state index < -0.39 is 0 Å². The summed E-state index contributed by atoms with van der Waals surface area (Å²) in [6.07, 6.45) is 5.16. The molecule has 17 heavy (non-hydrogen) atoms. The lowest BCUT2D eigenvalue weighted by atomic mass is 9.91. The first kappa shape index (κ1) is 12.9. The van der Waals surface area contributed by atoms with Crippen LogP contribution < -0.4 is 0 Å². The summed E-state index contributed by atoms with van der Waals surface area (Å²) in [5.41, 5.74) is -0.163. The molecule has 0 amide bonds. The third kappa shape index (κ3) is 3.43. The van der Waals surface area contributed by atoms with Crippen molar-refractivity contribution in [1.29, 1.82) is 5.26 Å². The highest BCUT2D eigenvalue weighted by Crippen LogP contribution is 2.23. The highest BCUT2D eigenvalue weighted by atomic mass is 15.3. The van der Waals surface area contributed by atoms with Gasteiger partial charge in [0.2, 0.25) is 0 Å². The summed E-state index contributed by atoms with van der Waals surface area (Å²) in [6.45, 7) is 10.1. The molecule has 0 radical (unpaired) electrons. The Morgan fingerprint density at radius 2 is 2.06 bits per heavy atom. The van der Waals surface area contributed by atoms with E-state index >= 15 is 0 Å². The maximum absolute atomic E-state index is 9.03. The Morgan fingerprint density at radius 1 is 1.24 bits per heavy atom. The van der Waals surface area contributed by atoms with Crippen LogP contribution in [0.2, 0.25) is 0 Å². The molecule has 2 aliphatic heterocycles. The molecule has 0 spiro atoms. The third-order valence-electron chi connectivity index (χ3n) is 4.28. The second-order valence-corrected chi connectivity index (χ2v) is 6.23. The van der Waals surface area contributed by atoms with Crippen molar-refractivity contribution in [2.45, 2.75) is 45.6 Å². The first-order valence-corrected chi connectivity index (χ1v) is 6.98. The number of hydrogen-bond acceptors (Lipinski definition) is 3. The largest absolute Gasteiger partial charge is 0.300 e. The molecule has 0 N–H and O–H groups in total. The van der Waals surface area contributed by atoms with Gasteiger partial charge in [0.1, 0.15) is 0 Å². The molecule has 0 aromatic rings. The average molecular weight is 235 g/mol. The zero-order chi connectivity index (χ0) is 12.3. The predicted octanol–water partition coefficient (Wildman–Crippen LogP) is 2.10. The number of nitrogens with zero attached hydrogens (tertiary/aromatic N) is 3. The van der Waals surface area contributed by atoms with Gasteiger partial charge in [0.25, 0.3) is 0 Å². The van der Waals surface area contributed by atoms with Crippen molar-refractivity contribution in [3.63, 3.8) is 0 Å². The Labute approximate surface area is 105 Å². The Hall–Kier alpha value is -0.590. The van der Waals surface area contributed by atoms with E-state index in [9.17, 15) is 0 Å². The summed E-state index contributed by atoms with van der Waals surface area (Å²) in [6, 6.07) is 3.19. The molecule has 2 fully saturated rings. The van der Waals surface area contributed by atoms with Crippen LogP contribution in [0.1, 0.15) is 39.5 Å². The standard InChI is InChI=1S/C14H25N3/c1-14(2,12-15)6-8-16-9-10-17-7-4-3-5-13(17)11-16/h13H,3-11H2,1-2H3. The number of piperidine rings is 1. The van der Waals surface area contributed by atoms with Crippen molar-refractivity contribution in [2.24, 2.45) is 5.41 Å². The van der Waals surface area contributed by atoms with Crippen LogP contribution in [0.5, 0.6) is 0 Å². The summed E-state index contributed by atoms with van der Waals surface area (Å²) in [5, 5.41) is 9.03. The lowest BCUT2D eigenvalue weighted by molar-refractivity contribution is 0.0458. The smallest absolute Gasteiger partial charge is 0.0684 e. The summed E-state index contributed by atoms with van der Waals surface area (Å²) < 4.78 is 0. The van der Waals surface area contributed by atoms with Gasteiger partial charge in [-0.05, 0) is 46.2 Å². The quantitative estimate of drug-likeness (QED) is 0.750. The van der Waals surface area contributed by atoms with Gasteiger partial charge in [-0.15, -0.1) is 0 Å². The lowest BCUT2D eigenvalue weighted by Crippen LogP contribution is -2.55. The molecule has 0 bridgehead atoms. The molecule has 96 valence electrons. The second kappa shape index (κ2) is 5.37. The van der Waals surface area contributed by atoms with Crippen LogP contribution >= 0.6 is 0 Å². The van der Waals surface area contributed by atoms with Crippen molar-refractivity contribution in [3.05, 3.63) is 0 Å². The normalized spacial score (nSPS) is 27.5. The molecule has 0 aromatic carbocycles. The molecule has 1 unspecified atom stereocenters. The van der Waals surface area contributed by atoms with Gasteiger partial charge in [-0.25, -0.2) is 0 Å². The number of rotatable bonds is 3. The fourth-order valence-corrected chi connectivity index (χ4v) is 2.92. The number of nitriles is 1. The summed E-state index contributed by atoms with van der Waals surface area (Å²) in [7, 11) is 0. The van der Waals surface area contributed by atoms with Crippen molar-refractivity contribution >= 4 is 0 Å². The fraction of sp³-hybridized carbons (Fsp3) is 0.929. The van der Waals surface area contributed by atoms with Gasteiger partial charge in [-0.2, -0.15) is 5.26 Å². The molecule has 2 aliphatic rings. The van der Waals surface area contributed by atoms with Crippen molar-refractivity contribution in [3.8, 4) is 6.07 Å². The van der Waals surface area contributed by atoms with E-state index in [-0.39, 0.29) is 5.41 Å². The molecular formula is C14H25N3. The van der Waals surface area contributed by atoms with Gasteiger partial charge in [0.15, 0.2) is 0 Å². The van der Waals surface area contributed by atoms with Crippen LogP contribution in [-0.4, -0.2) is 48.6 Å². The van der Waals surface area contributed by atoms with Crippen LogP contribution in [-0.2, 0) is 0 Å². The van der Waals surface area contributed by atoms with Crippen LogP contribution in [0.4, 0.5) is 0 Å². The second-order valence-electron chi connectivity index (χ2n) is 6.23. The molecule has 1 atom stereocenters. The van der Waals surface area contributed by atoms with Gasteiger partial charge >= 0.3 is 0 Å². The molecular weight excluding hydrogens is 210 g/mol. The monoisotopic (exact) mass is 235 g/mol. The Morgan fingerprint density at radius 3 is 2.82 bits per heavy atom. The molecule has 3 nitrogen and oxygen atoms in total. The average Bonchev–Trinajstić information content (AvgIpc) is 2.36. The highest BCUT2D eigenvalue weighted by Gasteiger charge is 2.29. The van der Waals surface area contributed by atoms with Crippen LogP contribution in [0.3, 0.4) is 0 Å². The third-order valence-corrected chi connectivity index (χ3v) is 4.28. The molecule has 2 heterocycles. The molecule has 0 aliphatic carbocycles. The minimum Gasteiger partial charge on any atom is -0.300 e. The summed E-state index contributed by atoms with van der Waals surface area (Å²) in [5.74, 6) is 0. The SMILES string of the molecule is CC(C)(C#N)CCN1CCN2CCCCC2C1. The van der Waals surface area contributed by atoms with Crippen molar-refractivity contribution < 1.29 is 0 Å². The van der Waals surface area contributed by atoms with E-state index in [1.54, 1.807) is 0 Å². The summed E-state index contributed by atoms with van der Waals surface area (Å²) >= 11 is 0. The maximum atomic E-state index is 9.03. The van der Waals surface area contributed by atoms with Crippen molar-refractivity contribution in [2.75, 3.05) is 32.7 Å². The highest BCUT2D eigenvalue weighted by molar-refractivity contribution is 4.93. The van der Waals surface area contributed by atoms with E-state index in [1.165, 1.54) is 45.4 Å². The van der Waals surface area contributed by atoms with E-state index in [4.69, 9.17) is 5.26 Å². The maximum Gasteiger partial charge on any atom is 0.0684 e. The first-order valence-electron chi connectivity index (χ1n) is 6.98. The zero-order valence-electron chi connectivity index (χ0n) is 11.3. The van der Waals surface area contributed by atoms with Crippen LogP contribution in [0, 0.1) is 16.7 Å². The Kier molecular flexibility index (Phi) is 4.06. The van der Waals surface area contributed by atoms with E-state index in [0.717, 1.165) is 19.0 Å². The van der Waals surface area contributed by atoms with Gasteiger partial charge in [-0.3, -0.25) is 4.90 Å². The topological polar surface area (TPSA) is 30.3 Å². The molecule has 0 aromatic heterocycles. The van der Waals surface area contributed by atoms with Gasteiger partial charge in [0.05, 0.1) is 11.5 Å². The Balaban J connectivity index is 1.78.